The number of sulfonamides is 1. The number of hydrogen-bond donors (Lipinski definition) is 2. The molecule has 3 rings (SSSR count). The minimum absolute atomic E-state index is 0.120. The zero-order valence-corrected chi connectivity index (χ0v) is 19.2. The Balaban J connectivity index is 1.46. The predicted octanol–water partition coefficient (Wildman–Crippen LogP) is 2.34. The topological polar surface area (TPSA) is 95.6 Å². The van der Waals surface area contributed by atoms with Gasteiger partial charge in [0.25, 0.3) is 0 Å². The molecule has 1 heterocycles. The first-order valence-corrected chi connectivity index (χ1v) is 12.5. The van der Waals surface area contributed by atoms with Crippen LogP contribution in [-0.2, 0) is 26.0 Å². The van der Waals surface area contributed by atoms with E-state index in [2.05, 4.69) is 22.8 Å². The molecule has 172 valence electrons. The highest BCUT2D eigenvalue weighted by Gasteiger charge is 2.34. The molecule has 1 aliphatic heterocycles. The van der Waals surface area contributed by atoms with E-state index in [0.29, 0.717) is 25.9 Å². The number of carbonyl (C=O) groups is 2. The van der Waals surface area contributed by atoms with Gasteiger partial charge in [-0.25, -0.2) is 8.42 Å². The fourth-order valence-corrected chi connectivity index (χ4v) is 5.36. The average molecular weight is 458 g/mol. The van der Waals surface area contributed by atoms with Crippen molar-refractivity contribution in [2.45, 2.75) is 43.5 Å². The number of rotatable bonds is 9. The van der Waals surface area contributed by atoms with Crippen molar-refractivity contribution in [2.24, 2.45) is 5.92 Å². The molecule has 7 nitrogen and oxygen atoms in total. The lowest BCUT2D eigenvalue weighted by atomic mass is 9.98. The SMILES string of the molecule is C[C@@H](NC(=O)[C@H]1CCCN(S(=O)(=O)c2ccccc2)C1)C(=O)NCCCc1ccccc1. The van der Waals surface area contributed by atoms with E-state index in [9.17, 15) is 18.0 Å². The maximum absolute atomic E-state index is 12.9. The fourth-order valence-electron chi connectivity index (χ4n) is 3.81. The van der Waals surface area contributed by atoms with E-state index in [1.54, 1.807) is 37.3 Å². The Bertz CT molecular complexity index is 996. The number of nitrogens with zero attached hydrogens (tertiary/aromatic N) is 1. The van der Waals surface area contributed by atoms with E-state index >= 15 is 0 Å². The summed E-state index contributed by atoms with van der Waals surface area (Å²) in [7, 11) is -3.64. The summed E-state index contributed by atoms with van der Waals surface area (Å²) in [5, 5.41) is 5.60. The third-order valence-electron chi connectivity index (χ3n) is 5.67. The van der Waals surface area contributed by atoms with E-state index < -0.39 is 22.0 Å². The summed E-state index contributed by atoms with van der Waals surface area (Å²) >= 11 is 0. The van der Waals surface area contributed by atoms with Crippen LogP contribution in [0.5, 0.6) is 0 Å². The van der Waals surface area contributed by atoms with E-state index in [1.165, 1.54) is 9.87 Å². The van der Waals surface area contributed by atoms with Crippen molar-refractivity contribution in [3.05, 3.63) is 66.2 Å². The predicted molar refractivity (Wildman–Crippen MR) is 123 cm³/mol. The maximum atomic E-state index is 12.9. The van der Waals surface area contributed by atoms with Crippen LogP contribution in [0.25, 0.3) is 0 Å². The number of carbonyl (C=O) groups excluding carboxylic acids is 2. The first-order valence-electron chi connectivity index (χ1n) is 11.0. The smallest absolute Gasteiger partial charge is 0.243 e. The molecule has 1 aliphatic rings. The van der Waals surface area contributed by atoms with Crippen LogP contribution in [0.2, 0.25) is 0 Å². The monoisotopic (exact) mass is 457 g/mol. The Hall–Kier alpha value is -2.71. The normalized spacial score (nSPS) is 18.0. The average Bonchev–Trinajstić information content (AvgIpc) is 2.83. The van der Waals surface area contributed by atoms with Gasteiger partial charge in [0.2, 0.25) is 21.8 Å². The van der Waals surface area contributed by atoms with Gasteiger partial charge in [-0.3, -0.25) is 9.59 Å². The highest BCUT2D eigenvalue weighted by molar-refractivity contribution is 7.89. The summed E-state index contributed by atoms with van der Waals surface area (Å²) in [6, 6.07) is 17.6. The van der Waals surface area contributed by atoms with Gasteiger partial charge in [-0.05, 0) is 50.3 Å². The van der Waals surface area contributed by atoms with Gasteiger partial charge in [0.05, 0.1) is 10.8 Å². The van der Waals surface area contributed by atoms with Crippen LogP contribution in [0.1, 0.15) is 31.7 Å². The Labute approximate surface area is 190 Å². The van der Waals surface area contributed by atoms with Gasteiger partial charge in [0.15, 0.2) is 0 Å². The molecule has 2 aromatic rings. The number of nitrogens with one attached hydrogen (secondary N) is 2. The highest BCUT2D eigenvalue weighted by Crippen LogP contribution is 2.23. The summed E-state index contributed by atoms with van der Waals surface area (Å²) in [4.78, 5) is 25.3. The summed E-state index contributed by atoms with van der Waals surface area (Å²) in [5.41, 5.74) is 1.22. The number of piperidine rings is 1. The molecule has 0 radical (unpaired) electrons. The minimum atomic E-state index is -3.64. The molecule has 2 N–H and O–H groups in total. The van der Waals surface area contributed by atoms with Crippen molar-refractivity contribution in [2.75, 3.05) is 19.6 Å². The van der Waals surface area contributed by atoms with Crippen LogP contribution in [0.3, 0.4) is 0 Å². The molecule has 2 amide bonds. The van der Waals surface area contributed by atoms with Crippen LogP contribution >= 0.6 is 0 Å². The molecule has 1 fully saturated rings. The van der Waals surface area contributed by atoms with Crippen molar-refractivity contribution in [1.29, 1.82) is 0 Å². The first kappa shape index (κ1) is 23.9. The summed E-state index contributed by atoms with van der Waals surface area (Å²) in [5.74, 6) is -1.00. The third kappa shape index (κ3) is 6.40. The Morgan fingerprint density at radius 2 is 1.72 bits per heavy atom. The lowest BCUT2D eigenvalue weighted by Crippen LogP contribution is -2.50. The van der Waals surface area contributed by atoms with Crippen LogP contribution in [0.4, 0.5) is 0 Å². The third-order valence-corrected chi connectivity index (χ3v) is 7.55. The lowest BCUT2D eigenvalue weighted by Gasteiger charge is -2.31. The van der Waals surface area contributed by atoms with Crippen molar-refractivity contribution < 1.29 is 18.0 Å². The molecule has 0 saturated carbocycles. The molecule has 0 bridgehead atoms. The van der Waals surface area contributed by atoms with E-state index in [-0.39, 0.29) is 23.3 Å². The van der Waals surface area contributed by atoms with Crippen molar-refractivity contribution >= 4 is 21.8 Å². The standard InChI is InChI=1S/C24H31N3O4S/c1-19(23(28)25-16-8-12-20-10-4-2-5-11-20)26-24(29)21-13-9-17-27(18-21)32(30,31)22-14-6-3-7-15-22/h2-7,10-11,14-15,19,21H,8-9,12-13,16-18H2,1H3,(H,25,28)(H,26,29)/t19-,21+/m1/s1. The molecule has 0 aromatic heterocycles. The number of aryl methyl sites for hydroxylation is 1. The van der Waals surface area contributed by atoms with Crippen molar-refractivity contribution in [3.8, 4) is 0 Å². The van der Waals surface area contributed by atoms with Gasteiger partial charge in [-0.2, -0.15) is 4.31 Å². The van der Waals surface area contributed by atoms with Gasteiger partial charge < -0.3 is 10.6 Å². The molecule has 0 aliphatic carbocycles. The molecule has 0 spiro atoms. The molecule has 32 heavy (non-hydrogen) atoms. The number of hydrogen-bond acceptors (Lipinski definition) is 4. The van der Waals surface area contributed by atoms with Crippen molar-refractivity contribution in [3.63, 3.8) is 0 Å². The molecule has 8 heteroatoms. The lowest BCUT2D eigenvalue weighted by molar-refractivity contribution is -0.131. The maximum Gasteiger partial charge on any atom is 0.243 e. The Morgan fingerprint density at radius 1 is 1.06 bits per heavy atom. The van der Waals surface area contributed by atoms with Crippen LogP contribution in [0, 0.1) is 5.92 Å². The number of amides is 2. The zero-order valence-electron chi connectivity index (χ0n) is 18.4. The highest BCUT2D eigenvalue weighted by atomic mass is 32.2. The second-order valence-electron chi connectivity index (χ2n) is 8.13. The fraction of sp³-hybridized carbons (Fsp3) is 0.417. The van der Waals surface area contributed by atoms with Gasteiger partial charge in [-0.15, -0.1) is 0 Å². The van der Waals surface area contributed by atoms with Crippen LogP contribution in [-0.4, -0.2) is 50.2 Å². The second-order valence-corrected chi connectivity index (χ2v) is 10.1. The Morgan fingerprint density at radius 3 is 2.41 bits per heavy atom. The van der Waals surface area contributed by atoms with E-state index in [0.717, 1.165) is 12.8 Å². The summed E-state index contributed by atoms with van der Waals surface area (Å²) in [6.45, 7) is 2.68. The van der Waals surface area contributed by atoms with Gasteiger partial charge in [0, 0.05) is 19.6 Å². The molecular formula is C24H31N3O4S. The molecule has 1 saturated heterocycles. The zero-order chi connectivity index (χ0) is 23.0. The summed E-state index contributed by atoms with van der Waals surface area (Å²) in [6.07, 6.45) is 2.88. The quantitative estimate of drug-likeness (QED) is 0.565. The van der Waals surface area contributed by atoms with Crippen LogP contribution in [0.15, 0.2) is 65.6 Å². The van der Waals surface area contributed by atoms with Crippen molar-refractivity contribution in [1.82, 2.24) is 14.9 Å². The summed E-state index contributed by atoms with van der Waals surface area (Å²) < 4.78 is 27.1. The molecule has 0 unspecified atom stereocenters. The van der Waals surface area contributed by atoms with E-state index in [1.807, 2.05) is 18.2 Å². The molecule has 2 atom stereocenters. The second kappa shape index (κ2) is 11.2. The largest absolute Gasteiger partial charge is 0.354 e. The van der Waals surface area contributed by atoms with Crippen LogP contribution < -0.4 is 10.6 Å². The first-order chi connectivity index (χ1) is 15.4. The van der Waals surface area contributed by atoms with Gasteiger partial charge in [0.1, 0.15) is 6.04 Å². The number of benzene rings is 2. The molecule has 2 aromatic carbocycles. The van der Waals surface area contributed by atoms with Gasteiger partial charge >= 0.3 is 0 Å². The Kier molecular flexibility index (Phi) is 8.41. The molecular weight excluding hydrogens is 426 g/mol. The van der Waals surface area contributed by atoms with Gasteiger partial charge in [-0.1, -0.05) is 48.5 Å². The minimum Gasteiger partial charge on any atom is -0.354 e. The van der Waals surface area contributed by atoms with E-state index in [4.69, 9.17) is 0 Å².